The van der Waals surface area contributed by atoms with Gasteiger partial charge in [0.2, 0.25) is 0 Å². The van der Waals surface area contributed by atoms with Crippen LogP contribution in [0, 0.1) is 11.2 Å². The molecule has 2 amide bonds. The molecule has 6 N–H and O–H groups in total. The fraction of sp³-hybridized carbons (Fsp3) is 0.120. The molecule has 3 heterocycles. The molecule has 0 atom stereocenters. The molecule has 5 rings (SSSR count). The highest BCUT2D eigenvalue weighted by molar-refractivity contribution is 5.94. The summed E-state index contributed by atoms with van der Waals surface area (Å²) >= 11 is 0. The third kappa shape index (κ3) is 4.67. The maximum atomic E-state index is 13.4. The summed E-state index contributed by atoms with van der Waals surface area (Å²) in [6.07, 6.45) is 5.34. The van der Waals surface area contributed by atoms with Crippen molar-refractivity contribution in [2.75, 3.05) is 29.5 Å². The number of urea groups is 1. The highest BCUT2D eigenvalue weighted by Gasteiger charge is 2.20. The van der Waals surface area contributed by atoms with E-state index in [-0.39, 0.29) is 6.03 Å². The number of benzene rings is 2. The molecular formula is C25H23FN8O. The number of halogens is 1. The van der Waals surface area contributed by atoms with Gasteiger partial charge in [-0.15, -0.1) is 0 Å². The number of hydrogen-bond acceptors (Lipinski definition) is 6. The van der Waals surface area contributed by atoms with Gasteiger partial charge in [0.05, 0.1) is 5.39 Å². The van der Waals surface area contributed by atoms with Crippen molar-refractivity contribution in [3.8, 4) is 0 Å². The number of carbonyl (C=O) groups excluding carboxylic acids is 1. The molecule has 1 aliphatic heterocycles. The summed E-state index contributed by atoms with van der Waals surface area (Å²) in [6, 6.07) is 12.9. The molecule has 0 bridgehead atoms. The van der Waals surface area contributed by atoms with Crippen LogP contribution >= 0.6 is 0 Å². The quantitative estimate of drug-likeness (QED) is 0.212. The van der Waals surface area contributed by atoms with E-state index in [4.69, 9.17) is 11.1 Å². The summed E-state index contributed by atoms with van der Waals surface area (Å²) in [7, 11) is 0. The van der Waals surface area contributed by atoms with Crippen LogP contribution in [0.5, 0.6) is 0 Å². The number of amides is 2. The van der Waals surface area contributed by atoms with Gasteiger partial charge >= 0.3 is 6.03 Å². The number of anilines is 4. The molecule has 176 valence electrons. The van der Waals surface area contributed by atoms with Crippen molar-refractivity contribution >= 4 is 51.7 Å². The van der Waals surface area contributed by atoms with Crippen molar-refractivity contribution in [2.45, 2.75) is 6.42 Å². The van der Waals surface area contributed by atoms with Crippen molar-refractivity contribution in [1.29, 1.82) is 5.41 Å². The minimum atomic E-state index is -0.397. The predicted molar refractivity (Wildman–Crippen MR) is 135 cm³/mol. The average molecular weight is 471 g/mol. The topological polar surface area (TPSA) is 136 Å². The number of nitrogens with two attached hydrogens (primary N) is 1. The number of aromatic nitrogens is 3. The summed E-state index contributed by atoms with van der Waals surface area (Å²) in [5, 5.41) is 14.3. The lowest BCUT2D eigenvalue weighted by Crippen LogP contribution is -2.37. The second-order valence-corrected chi connectivity index (χ2v) is 8.15. The molecule has 9 nitrogen and oxygen atoms in total. The normalized spacial score (nSPS) is 13.4. The molecule has 0 spiro atoms. The average Bonchev–Trinajstić information content (AvgIpc) is 3.31. The lowest BCUT2D eigenvalue weighted by molar-refractivity contribution is 0.217. The number of nitrogens with one attached hydrogen (secondary N) is 4. The lowest BCUT2D eigenvalue weighted by atomic mass is 10.1. The maximum Gasteiger partial charge on any atom is 0.322 e. The van der Waals surface area contributed by atoms with Gasteiger partial charge in [-0.1, -0.05) is 12.1 Å². The van der Waals surface area contributed by atoms with Gasteiger partial charge in [-0.2, -0.15) is 0 Å². The molecule has 1 aliphatic rings. The van der Waals surface area contributed by atoms with Crippen LogP contribution in [0.1, 0.15) is 17.7 Å². The van der Waals surface area contributed by atoms with E-state index in [1.54, 1.807) is 29.2 Å². The van der Waals surface area contributed by atoms with Gasteiger partial charge in [0, 0.05) is 47.6 Å². The zero-order chi connectivity index (χ0) is 24.4. The maximum absolute atomic E-state index is 13.4. The van der Waals surface area contributed by atoms with Gasteiger partial charge in [-0.3, -0.25) is 0 Å². The van der Waals surface area contributed by atoms with Gasteiger partial charge in [0.25, 0.3) is 0 Å². The van der Waals surface area contributed by atoms with Crippen LogP contribution < -0.4 is 16.4 Å². The van der Waals surface area contributed by atoms with Gasteiger partial charge in [-0.05, 0) is 54.5 Å². The fourth-order valence-electron chi connectivity index (χ4n) is 3.99. The summed E-state index contributed by atoms with van der Waals surface area (Å²) < 4.78 is 13.4. The third-order valence-electron chi connectivity index (χ3n) is 5.85. The molecular weight excluding hydrogens is 447 g/mol. The second-order valence-electron chi connectivity index (χ2n) is 8.15. The second kappa shape index (κ2) is 9.26. The molecule has 0 saturated carbocycles. The van der Waals surface area contributed by atoms with Crippen LogP contribution in [0.2, 0.25) is 0 Å². The molecule has 0 saturated heterocycles. The first kappa shape index (κ1) is 22.1. The first-order chi connectivity index (χ1) is 17.0. The molecule has 35 heavy (non-hydrogen) atoms. The molecule has 0 aliphatic carbocycles. The Labute approximate surface area is 200 Å². The van der Waals surface area contributed by atoms with Crippen molar-refractivity contribution in [3.05, 3.63) is 78.0 Å². The van der Waals surface area contributed by atoms with E-state index in [0.717, 1.165) is 22.3 Å². The summed E-state index contributed by atoms with van der Waals surface area (Å²) in [5.74, 6) is 0.233. The highest BCUT2D eigenvalue weighted by Crippen LogP contribution is 2.29. The van der Waals surface area contributed by atoms with Gasteiger partial charge in [0.1, 0.15) is 23.6 Å². The Morgan fingerprint density at radius 1 is 1.17 bits per heavy atom. The number of fused-ring (bicyclic) bond motifs is 1. The van der Waals surface area contributed by atoms with Crippen molar-refractivity contribution < 1.29 is 9.18 Å². The Morgan fingerprint density at radius 2 is 2.06 bits per heavy atom. The van der Waals surface area contributed by atoms with Crippen LogP contribution in [-0.2, 0) is 0 Å². The van der Waals surface area contributed by atoms with Crippen LogP contribution in [0.15, 0.2) is 60.9 Å². The highest BCUT2D eigenvalue weighted by atomic mass is 19.1. The van der Waals surface area contributed by atoms with E-state index in [1.807, 2.05) is 18.2 Å². The zero-order valence-electron chi connectivity index (χ0n) is 18.7. The van der Waals surface area contributed by atoms with E-state index < -0.39 is 5.82 Å². The van der Waals surface area contributed by atoms with E-state index >= 15 is 0 Å². The van der Waals surface area contributed by atoms with Crippen molar-refractivity contribution in [1.82, 2.24) is 19.9 Å². The molecule has 0 radical (unpaired) electrons. The largest absolute Gasteiger partial charge is 0.398 e. The SMILES string of the molecule is N=Cc1cc(Nc2ncnc3[nH]c(C4=CCN(C(=O)Nc5cccc(F)c5)CC4)cc23)ccc1N. The minimum Gasteiger partial charge on any atom is -0.398 e. The Balaban J connectivity index is 1.32. The Kier molecular flexibility index (Phi) is 5.84. The summed E-state index contributed by atoms with van der Waals surface area (Å²) in [5.41, 5.74) is 10.9. The van der Waals surface area contributed by atoms with E-state index in [0.29, 0.717) is 47.9 Å². The Bertz CT molecular complexity index is 1460. The molecule has 10 heteroatoms. The number of carbonyl (C=O) groups is 1. The number of hydrogen-bond donors (Lipinski definition) is 5. The zero-order valence-corrected chi connectivity index (χ0v) is 18.7. The monoisotopic (exact) mass is 470 g/mol. The van der Waals surface area contributed by atoms with Crippen LogP contribution in [0.25, 0.3) is 16.6 Å². The lowest BCUT2D eigenvalue weighted by Gasteiger charge is -2.26. The van der Waals surface area contributed by atoms with E-state index in [9.17, 15) is 9.18 Å². The number of rotatable bonds is 5. The summed E-state index contributed by atoms with van der Waals surface area (Å²) in [6.45, 7) is 0.956. The molecule has 2 aromatic heterocycles. The molecule has 2 aromatic carbocycles. The van der Waals surface area contributed by atoms with Crippen LogP contribution in [0.4, 0.5) is 32.1 Å². The number of nitrogen functional groups attached to an aromatic ring is 1. The smallest absolute Gasteiger partial charge is 0.322 e. The first-order valence-corrected chi connectivity index (χ1v) is 11.0. The van der Waals surface area contributed by atoms with Crippen LogP contribution in [-0.4, -0.2) is 45.2 Å². The predicted octanol–water partition coefficient (Wildman–Crippen LogP) is 4.74. The van der Waals surface area contributed by atoms with Gasteiger partial charge in [0.15, 0.2) is 0 Å². The molecule has 4 aromatic rings. The first-order valence-electron chi connectivity index (χ1n) is 11.0. The van der Waals surface area contributed by atoms with Crippen molar-refractivity contribution in [2.24, 2.45) is 0 Å². The van der Waals surface area contributed by atoms with Crippen LogP contribution in [0.3, 0.4) is 0 Å². The van der Waals surface area contributed by atoms with E-state index in [2.05, 4.69) is 25.6 Å². The molecule has 0 unspecified atom stereocenters. The summed E-state index contributed by atoms with van der Waals surface area (Å²) in [4.78, 5) is 26.3. The minimum absolute atomic E-state index is 0.271. The number of aromatic amines is 1. The number of H-pyrrole nitrogens is 1. The van der Waals surface area contributed by atoms with E-state index in [1.165, 1.54) is 24.7 Å². The Morgan fingerprint density at radius 3 is 2.83 bits per heavy atom. The molecule has 0 fully saturated rings. The van der Waals surface area contributed by atoms with Gasteiger partial charge < -0.3 is 31.7 Å². The fourth-order valence-corrected chi connectivity index (χ4v) is 3.99. The standard InChI is InChI=1S/C25H23FN8O/c26-17-2-1-3-18(11-17)32-25(35)34-8-6-15(7-9-34)22-12-20-23(29-14-30-24(20)33-22)31-19-4-5-21(28)16(10-19)13-27/h1-6,10-14,27H,7-9,28H2,(H,32,35)(H2,29,30,31,33). The number of nitrogens with zero attached hydrogens (tertiary/aromatic N) is 3. The van der Waals surface area contributed by atoms with Crippen molar-refractivity contribution in [3.63, 3.8) is 0 Å². The van der Waals surface area contributed by atoms with Gasteiger partial charge in [-0.25, -0.2) is 19.2 Å². The Hall–Kier alpha value is -4.73. The third-order valence-corrected chi connectivity index (χ3v) is 5.85.